The molecule has 0 fully saturated rings. The number of Topliss-reactive ketones (excluding diaryl/α,β-unsaturated/α-hetero) is 1. The third-order valence-corrected chi connectivity index (χ3v) is 3.77. The van der Waals surface area contributed by atoms with Crippen LogP contribution in [0.15, 0.2) is 47.1 Å². The van der Waals surface area contributed by atoms with Gasteiger partial charge in [-0.15, -0.1) is 0 Å². The van der Waals surface area contributed by atoms with Crippen molar-refractivity contribution in [2.24, 2.45) is 0 Å². The molecular weight excluding hydrogens is 334 g/mol. The Morgan fingerprint density at radius 3 is 2.81 bits per heavy atom. The van der Waals surface area contributed by atoms with Crippen LogP contribution in [-0.4, -0.2) is 22.8 Å². The summed E-state index contributed by atoms with van der Waals surface area (Å²) in [5.74, 6) is 0.207. The summed E-state index contributed by atoms with van der Waals surface area (Å²) in [6, 6.07) is 10.7. The number of benzene rings is 1. The number of aromatic nitrogens is 1. The van der Waals surface area contributed by atoms with Crippen LogP contribution in [0.4, 0.5) is 11.5 Å². The third kappa shape index (κ3) is 2.42. The SMILES string of the molecule is CC(=O)N1c2ccc(Br)cc2C(=O)C1Nc1ccccn1. The first kappa shape index (κ1) is 13.8. The molecule has 0 spiro atoms. The zero-order chi connectivity index (χ0) is 15.0. The zero-order valence-electron chi connectivity index (χ0n) is 11.2. The van der Waals surface area contributed by atoms with E-state index in [9.17, 15) is 9.59 Å². The number of fused-ring (bicyclic) bond motifs is 1. The van der Waals surface area contributed by atoms with Gasteiger partial charge in [-0.25, -0.2) is 4.98 Å². The number of carbonyl (C=O) groups excluding carboxylic acids is 2. The molecule has 106 valence electrons. The molecule has 0 saturated carbocycles. The fourth-order valence-corrected chi connectivity index (χ4v) is 2.75. The predicted octanol–water partition coefficient (Wildman–Crippen LogP) is 2.83. The number of hydrogen-bond acceptors (Lipinski definition) is 4. The van der Waals surface area contributed by atoms with Crippen LogP contribution in [0.2, 0.25) is 0 Å². The lowest BCUT2D eigenvalue weighted by Crippen LogP contribution is -2.44. The number of nitrogens with zero attached hydrogens (tertiary/aromatic N) is 2. The van der Waals surface area contributed by atoms with E-state index in [1.165, 1.54) is 11.8 Å². The van der Waals surface area contributed by atoms with Crippen molar-refractivity contribution in [1.82, 2.24) is 4.98 Å². The highest BCUT2D eigenvalue weighted by molar-refractivity contribution is 9.10. The fourth-order valence-electron chi connectivity index (χ4n) is 2.39. The molecule has 1 N–H and O–H groups in total. The van der Waals surface area contributed by atoms with Crippen molar-refractivity contribution in [3.05, 3.63) is 52.6 Å². The van der Waals surface area contributed by atoms with Gasteiger partial charge in [-0.05, 0) is 30.3 Å². The van der Waals surface area contributed by atoms with Crippen LogP contribution in [0.1, 0.15) is 17.3 Å². The Morgan fingerprint density at radius 2 is 2.14 bits per heavy atom. The Morgan fingerprint density at radius 1 is 1.33 bits per heavy atom. The van der Waals surface area contributed by atoms with Gasteiger partial charge in [-0.3, -0.25) is 14.5 Å². The normalized spacial score (nSPS) is 16.8. The minimum absolute atomic E-state index is 0.146. The molecule has 2 aromatic rings. The van der Waals surface area contributed by atoms with Crippen molar-refractivity contribution in [2.45, 2.75) is 13.1 Å². The van der Waals surface area contributed by atoms with E-state index in [2.05, 4.69) is 26.2 Å². The molecule has 1 amide bonds. The molecule has 0 aliphatic carbocycles. The average Bonchev–Trinajstić information content (AvgIpc) is 2.73. The maximum absolute atomic E-state index is 12.6. The molecule has 1 aliphatic rings. The molecule has 1 aromatic carbocycles. The van der Waals surface area contributed by atoms with Crippen LogP contribution in [0.25, 0.3) is 0 Å². The highest BCUT2D eigenvalue weighted by Gasteiger charge is 2.39. The quantitative estimate of drug-likeness (QED) is 0.908. The van der Waals surface area contributed by atoms with E-state index in [0.717, 1.165) is 4.47 Å². The first-order valence-corrected chi connectivity index (χ1v) is 7.18. The van der Waals surface area contributed by atoms with Gasteiger partial charge in [0.05, 0.1) is 5.69 Å². The maximum Gasteiger partial charge on any atom is 0.225 e. The lowest BCUT2D eigenvalue weighted by atomic mass is 10.1. The lowest BCUT2D eigenvalue weighted by molar-refractivity contribution is -0.116. The van der Waals surface area contributed by atoms with Gasteiger partial charge in [0.1, 0.15) is 5.82 Å². The van der Waals surface area contributed by atoms with Crippen LogP contribution in [0, 0.1) is 0 Å². The highest BCUT2D eigenvalue weighted by atomic mass is 79.9. The summed E-state index contributed by atoms with van der Waals surface area (Å²) >= 11 is 3.35. The number of ketones is 1. The summed E-state index contributed by atoms with van der Waals surface area (Å²) in [6.07, 6.45) is 0.866. The number of pyridine rings is 1. The Kier molecular flexibility index (Phi) is 3.47. The lowest BCUT2D eigenvalue weighted by Gasteiger charge is -2.24. The Bertz CT molecular complexity index is 718. The number of carbonyl (C=O) groups is 2. The van der Waals surface area contributed by atoms with Crippen molar-refractivity contribution in [3.63, 3.8) is 0 Å². The molecule has 1 unspecified atom stereocenters. The number of anilines is 2. The summed E-state index contributed by atoms with van der Waals surface area (Å²) in [4.78, 5) is 30.1. The maximum atomic E-state index is 12.6. The number of nitrogens with one attached hydrogen (secondary N) is 1. The second kappa shape index (κ2) is 5.29. The van der Waals surface area contributed by atoms with Crippen molar-refractivity contribution in [3.8, 4) is 0 Å². The van der Waals surface area contributed by atoms with E-state index in [4.69, 9.17) is 0 Å². The van der Waals surface area contributed by atoms with E-state index >= 15 is 0 Å². The Hall–Kier alpha value is -2.21. The average molecular weight is 346 g/mol. The topological polar surface area (TPSA) is 62.3 Å². The summed E-state index contributed by atoms with van der Waals surface area (Å²) < 4.78 is 0.802. The molecule has 0 radical (unpaired) electrons. The van der Waals surface area contributed by atoms with E-state index < -0.39 is 6.17 Å². The smallest absolute Gasteiger partial charge is 0.225 e. The largest absolute Gasteiger partial charge is 0.343 e. The van der Waals surface area contributed by atoms with Gasteiger partial charge in [0, 0.05) is 23.2 Å². The van der Waals surface area contributed by atoms with E-state index in [-0.39, 0.29) is 11.7 Å². The van der Waals surface area contributed by atoms with E-state index in [1.807, 2.05) is 12.1 Å². The Labute approximate surface area is 130 Å². The summed E-state index contributed by atoms with van der Waals surface area (Å²) in [6.45, 7) is 1.44. The van der Waals surface area contributed by atoms with Crippen molar-refractivity contribution in [1.29, 1.82) is 0 Å². The van der Waals surface area contributed by atoms with Gasteiger partial charge in [0.15, 0.2) is 6.17 Å². The minimum Gasteiger partial charge on any atom is -0.343 e. The standard InChI is InChI=1S/C15H12BrN3O2/c1-9(20)19-12-6-5-10(16)8-11(12)14(21)15(19)18-13-4-2-3-7-17-13/h2-8,15H,1H3,(H,17,18). The number of halogens is 1. The van der Waals surface area contributed by atoms with Crippen LogP contribution >= 0.6 is 15.9 Å². The molecule has 1 aromatic heterocycles. The van der Waals surface area contributed by atoms with Crippen LogP contribution in [0.5, 0.6) is 0 Å². The van der Waals surface area contributed by atoms with Crippen LogP contribution < -0.4 is 10.2 Å². The van der Waals surface area contributed by atoms with Crippen molar-refractivity contribution >= 4 is 39.1 Å². The van der Waals surface area contributed by atoms with Crippen molar-refractivity contribution in [2.75, 3.05) is 10.2 Å². The molecule has 6 heteroatoms. The molecule has 1 atom stereocenters. The number of amides is 1. The summed E-state index contributed by atoms with van der Waals surface area (Å²) in [5.41, 5.74) is 1.14. The second-order valence-corrected chi connectivity index (χ2v) is 5.59. The molecule has 5 nitrogen and oxygen atoms in total. The van der Waals surface area contributed by atoms with Gasteiger partial charge in [0.25, 0.3) is 0 Å². The van der Waals surface area contributed by atoms with Gasteiger partial charge in [0.2, 0.25) is 11.7 Å². The summed E-state index contributed by atoms with van der Waals surface area (Å²) in [5, 5.41) is 3.02. The Balaban J connectivity index is 2.01. The molecule has 2 heterocycles. The van der Waals surface area contributed by atoms with Gasteiger partial charge in [-0.2, -0.15) is 0 Å². The summed E-state index contributed by atoms with van der Waals surface area (Å²) in [7, 11) is 0. The van der Waals surface area contributed by atoms with E-state index in [0.29, 0.717) is 17.1 Å². The zero-order valence-corrected chi connectivity index (χ0v) is 12.8. The first-order chi connectivity index (χ1) is 10.1. The van der Waals surface area contributed by atoms with Gasteiger partial charge < -0.3 is 5.32 Å². The van der Waals surface area contributed by atoms with Crippen LogP contribution in [0.3, 0.4) is 0 Å². The first-order valence-electron chi connectivity index (χ1n) is 6.39. The monoisotopic (exact) mass is 345 g/mol. The molecule has 21 heavy (non-hydrogen) atoms. The minimum atomic E-state index is -0.762. The number of rotatable bonds is 2. The molecular formula is C15H12BrN3O2. The molecule has 1 aliphatic heterocycles. The molecule has 3 rings (SSSR count). The number of hydrogen-bond donors (Lipinski definition) is 1. The third-order valence-electron chi connectivity index (χ3n) is 3.28. The van der Waals surface area contributed by atoms with Crippen LogP contribution in [-0.2, 0) is 4.79 Å². The molecule has 0 saturated heterocycles. The fraction of sp³-hybridized carbons (Fsp3) is 0.133. The van der Waals surface area contributed by atoms with Crippen molar-refractivity contribution < 1.29 is 9.59 Å². The predicted molar refractivity (Wildman–Crippen MR) is 83.3 cm³/mol. The van der Waals surface area contributed by atoms with Gasteiger partial charge >= 0.3 is 0 Å². The molecule has 0 bridgehead atoms. The van der Waals surface area contributed by atoms with E-state index in [1.54, 1.807) is 30.5 Å². The second-order valence-electron chi connectivity index (χ2n) is 4.68. The highest BCUT2D eigenvalue weighted by Crippen LogP contribution is 2.34. The van der Waals surface area contributed by atoms with Gasteiger partial charge in [-0.1, -0.05) is 22.0 Å².